The Morgan fingerprint density at radius 2 is 2.17 bits per heavy atom. The van der Waals surface area contributed by atoms with Gasteiger partial charge in [-0.3, -0.25) is 0 Å². The molecule has 12 heavy (non-hydrogen) atoms. The zero-order chi connectivity index (χ0) is 9.03. The molecule has 4 nitrogen and oxygen atoms in total. The highest BCUT2D eigenvalue weighted by molar-refractivity contribution is 5.40. The van der Waals surface area contributed by atoms with Gasteiger partial charge in [0.2, 0.25) is 5.54 Å². The fourth-order valence-electron chi connectivity index (χ4n) is 0.826. The van der Waals surface area contributed by atoms with Crippen molar-refractivity contribution in [2.24, 2.45) is 5.73 Å². The maximum Gasteiger partial charge on any atom is 0.231 e. The second-order valence-electron chi connectivity index (χ2n) is 2.43. The third-order valence-electron chi connectivity index (χ3n) is 1.62. The van der Waals surface area contributed by atoms with Crippen LogP contribution in [0.25, 0.3) is 0 Å². The summed E-state index contributed by atoms with van der Waals surface area (Å²) >= 11 is 0. The lowest BCUT2D eigenvalue weighted by atomic mass is 9.99. The monoisotopic (exact) mass is 160 g/mol. The van der Waals surface area contributed by atoms with Gasteiger partial charge < -0.3 is 11.1 Å². The number of rotatable bonds is 1. The van der Waals surface area contributed by atoms with Crippen molar-refractivity contribution in [1.29, 1.82) is 10.5 Å². The Labute approximate surface area is 70.6 Å². The van der Waals surface area contributed by atoms with Crippen molar-refractivity contribution in [3.8, 4) is 12.1 Å². The van der Waals surface area contributed by atoms with Gasteiger partial charge in [0.15, 0.2) is 0 Å². The van der Waals surface area contributed by atoms with E-state index in [2.05, 4.69) is 5.32 Å². The molecule has 0 atom stereocenters. The molecule has 3 N–H and O–H groups in total. The number of nitrogens with one attached hydrogen (secondary N) is 1. The third-order valence-corrected chi connectivity index (χ3v) is 1.62. The molecule has 0 unspecified atom stereocenters. The molecule has 0 saturated carbocycles. The first kappa shape index (κ1) is 8.32. The van der Waals surface area contributed by atoms with Crippen molar-refractivity contribution < 1.29 is 0 Å². The Kier molecular flexibility index (Phi) is 2.14. The van der Waals surface area contributed by atoms with E-state index in [0.29, 0.717) is 6.54 Å². The molecule has 4 heteroatoms. The molecule has 1 aliphatic rings. The minimum atomic E-state index is -1.21. The number of nitrogens with zero attached hydrogens (tertiary/aromatic N) is 2. The Morgan fingerprint density at radius 1 is 1.50 bits per heavy atom. The van der Waals surface area contributed by atoms with Crippen molar-refractivity contribution in [2.45, 2.75) is 5.54 Å². The molecule has 0 bridgehead atoms. The Morgan fingerprint density at radius 3 is 2.50 bits per heavy atom. The lowest BCUT2D eigenvalue weighted by Crippen LogP contribution is -2.39. The van der Waals surface area contributed by atoms with Gasteiger partial charge in [0.1, 0.15) is 12.1 Å². The smallest absolute Gasteiger partial charge is 0.231 e. The van der Waals surface area contributed by atoms with E-state index in [-0.39, 0.29) is 0 Å². The quantitative estimate of drug-likeness (QED) is 0.555. The van der Waals surface area contributed by atoms with Crippen LogP contribution < -0.4 is 11.1 Å². The first-order valence-corrected chi connectivity index (χ1v) is 3.45. The average Bonchev–Trinajstić information content (AvgIpc) is 2.18. The van der Waals surface area contributed by atoms with Crippen molar-refractivity contribution >= 4 is 0 Å². The summed E-state index contributed by atoms with van der Waals surface area (Å²) in [5, 5.41) is 20.0. The van der Waals surface area contributed by atoms with E-state index in [0.717, 1.165) is 5.57 Å². The van der Waals surface area contributed by atoms with Gasteiger partial charge in [-0.05, 0) is 11.6 Å². The summed E-state index contributed by atoms with van der Waals surface area (Å²) in [5.41, 5.74) is 5.01. The van der Waals surface area contributed by atoms with E-state index >= 15 is 0 Å². The second-order valence-corrected chi connectivity index (χ2v) is 2.43. The molecule has 0 saturated heterocycles. The van der Waals surface area contributed by atoms with Crippen molar-refractivity contribution in [3.05, 3.63) is 23.9 Å². The van der Waals surface area contributed by atoms with Crippen LogP contribution in [0.5, 0.6) is 0 Å². The van der Waals surface area contributed by atoms with Gasteiger partial charge >= 0.3 is 0 Å². The molecule has 1 heterocycles. The summed E-state index contributed by atoms with van der Waals surface area (Å²) in [4.78, 5) is 0. The molecule has 0 aromatic heterocycles. The lowest BCUT2D eigenvalue weighted by molar-refractivity contribution is 0.697. The van der Waals surface area contributed by atoms with Crippen LogP contribution in [-0.4, -0.2) is 12.1 Å². The van der Waals surface area contributed by atoms with E-state index in [1.165, 1.54) is 6.08 Å². The average molecular weight is 160 g/mol. The molecule has 0 amide bonds. The molecule has 0 fully saturated rings. The number of nitriles is 2. The molecule has 0 aliphatic carbocycles. The largest absolute Gasteiger partial charge is 0.358 e. The normalized spacial score (nSPS) is 18.4. The molecule has 0 spiro atoms. The molecule has 1 aliphatic heterocycles. The number of dihydropyridines is 1. The standard InChI is InChI=1S/C8H8N4/c9-3-7-1-2-8(5-10,6-11)12-4-7/h1-2,4,12H,3,9H2. The summed E-state index contributed by atoms with van der Waals surface area (Å²) in [5.74, 6) is 0. The van der Waals surface area contributed by atoms with Crippen LogP contribution >= 0.6 is 0 Å². The van der Waals surface area contributed by atoms with Gasteiger partial charge in [0.05, 0.1) is 0 Å². The zero-order valence-corrected chi connectivity index (χ0v) is 6.41. The Hall–Kier alpha value is -1.78. The molecule has 1 rings (SSSR count). The number of hydrogen-bond donors (Lipinski definition) is 2. The summed E-state index contributed by atoms with van der Waals surface area (Å²) < 4.78 is 0. The minimum absolute atomic E-state index is 0.399. The van der Waals surface area contributed by atoms with Crippen LogP contribution in [0.2, 0.25) is 0 Å². The van der Waals surface area contributed by atoms with Crippen LogP contribution in [0.15, 0.2) is 23.9 Å². The first-order valence-electron chi connectivity index (χ1n) is 3.45. The summed E-state index contributed by atoms with van der Waals surface area (Å²) in [6.07, 6.45) is 4.78. The summed E-state index contributed by atoms with van der Waals surface area (Å²) in [6.45, 7) is 0.399. The maximum absolute atomic E-state index is 8.65. The molecular formula is C8H8N4. The molecule has 0 aromatic rings. The van der Waals surface area contributed by atoms with Crippen molar-refractivity contribution in [3.63, 3.8) is 0 Å². The van der Waals surface area contributed by atoms with E-state index in [9.17, 15) is 0 Å². The van der Waals surface area contributed by atoms with E-state index in [4.69, 9.17) is 16.3 Å². The topological polar surface area (TPSA) is 85.6 Å². The predicted molar refractivity (Wildman–Crippen MR) is 43.4 cm³/mol. The van der Waals surface area contributed by atoms with Gasteiger partial charge in [-0.15, -0.1) is 0 Å². The second kappa shape index (κ2) is 3.08. The van der Waals surface area contributed by atoms with Crippen LogP contribution in [-0.2, 0) is 0 Å². The highest BCUT2D eigenvalue weighted by atomic mass is 15.0. The SMILES string of the molecule is N#CC1(C#N)C=CC(CN)=CN1. The number of nitrogens with two attached hydrogens (primary N) is 1. The molecule has 0 aromatic carbocycles. The molecule has 60 valence electrons. The maximum atomic E-state index is 8.65. The van der Waals surface area contributed by atoms with Crippen LogP contribution in [0.1, 0.15) is 0 Å². The van der Waals surface area contributed by atoms with Gasteiger partial charge in [-0.1, -0.05) is 6.08 Å². The van der Waals surface area contributed by atoms with Crippen LogP contribution in [0.4, 0.5) is 0 Å². The van der Waals surface area contributed by atoms with Gasteiger partial charge in [0, 0.05) is 12.7 Å². The van der Waals surface area contributed by atoms with E-state index in [1.54, 1.807) is 12.3 Å². The predicted octanol–water partition coefficient (Wildman–Crippen LogP) is -0.226. The van der Waals surface area contributed by atoms with Gasteiger partial charge in [0.25, 0.3) is 0 Å². The summed E-state index contributed by atoms with van der Waals surface area (Å²) in [7, 11) is 0. The van der Waals surface area contributed by atoms with Gasteiger partial charge in [-0.2, -0.15) is 10.5 Å². The van der Waals surface area contributed by atoms with Crippen molar-refractivity contribution in [2.75, 3.05) is 6.54 Å². The highest BCUT2D eigenvalue weighted by Gasteiger charge is 2.26. The molecule has 0 radical (unpaired) electrons. The fraction of sp³-hybridized carbons (Fsp3) is 0.250. The summed E-state index contributed by atoms with van der Waals surface area (Å²) in [6, 6.07) is 3.73. The number of hydrogen-bond acceptors (Lipinski definition) is 4. The zero-order valence-electron chi connectivity index (χ0n) is 6.41. The van der Waals surface area contributed by atoms with E-state index in [1.807, 2.05) is 12.1 Å². The minimum Gasteiger partial charge on any atom is -0.358 e. The van der Waals surface area contributed by atoms with Gasteiger partial charge in [-0.25, -0.2) is 0 Å². The first-order chi connectivity index (χ1) is 5.76. The lowest BCUT2D eigenvalue weighted by Gasteiger charge is -2.18. The fourth-order valence-corrected chi connectivity index (χ4v) is 0.826. The highest BCUT2D eigenvalue weighted by Crippen LogP contribution is 2.11. The third kappa shape index (κ3) is 1.29. The van der Waals surface area contributed by atoms with Crippen LogP contribution in [0.3, 0.4) is 0 Å². The van der Waals surface area contributed by atoms with Crippen molar-refractivity contribution in [1.82, 2.24) is 5.32 Å². The Bertz CT molecular complexity index is 299. The molecular weight excluding hydrogens is 152 g/mol. The van der Waals surface area contributed by atoms with E-state index < -0.39 is 5.54 Å². The van der Waals surface area contributed by atoms with Crippen LogP contribution in [0, 0.1) is 22.7 Å². The Balaban J connectivity index is 2.85.